The lowest BCUT2D eigenvalue weighted by Crippen LogP contribution is -2.21. The summed E-state index contributed by atoms with van der Waals surface area (Å²) < 4.78 is 1.44. The molecular weight excluding hydrogens is 362 g/mol. The van der Waals surface area contributed by atoms with Gasteiger partial charge in [-0.3, -0.25) is 19.1 Å². The maximum Gasteiger partial charge on any atom is 0.263 e. The fourth-order valence-corrected chi connectivity index (χ4v) is 3.25. The number of aldehydes is 1. The van der Waals surface area contributed by atoms with Crippen molar-refractivity contribution in [2.24, 2.45) is 0 Å². The Labute approximate surface area is 167 Å². The number of rotatable bonds is 4. The Morgan fingerprint density at radius 1 is 0.931 bits per heavy atom. The van der Waals surface area contributed by atoms with Crippen LogP contribution in [-0.4, -0.2) is 15.8 Å². The van der Waals surface area contributed by atoms with E-state index in [0.29, 0.717) is 39.2 Å². The van der Waals surface area contributed by atoms with Crippen LogP contribution in [0, 0.1) is 11.3 Å². The van der Waals surface area contributed by atoms with E-state index < -0.39 is 0 Å². The normalized spacial score (nSPS) is 10.3. The summed E-state index contributed by atoms with van der Waals surface area (Å²) in [6.07, 6.45) is 4.07. The number of para-hydroxylation sites is 1. The number of carbonyl (C=O) groups is 1. The Kier molecular flexibility index (Phi) is 4.83. The first-order chi connectivity index (χ1) is 14.2. The van der Waals surface area contributed by atoms with Gasteiger partial charge in [-0.2, -0.15) is 5.26 Å². The number of carbonyl (C=O) groups excluding carboxylic acids is 1. The highest BCUT2D eigenvalue weighted by molar-refractivity contribution is 5.82. The summed E-state index contributed by atoms with van der Waals surface area (Å²) in [7, 11) is 0. The lowest BCUT2D eigenvalue weighted by molar-refractivity contribution is 0.112. The summed E-state index contributed by atoms with van der Waals surface area (Å²) in [4.78, 5) is 29.3. The number of nitrogens with zero attached hydrogens (tertiary/aromatic N) is 3. The van der Waals surface area contributed by atoms with Crippen LogP contribution in [0.15, 0.2) is 90.0 Å². The zero-order valence-corrected chi connectivity index (χ0v) is 15.3. The Morgan fingerprint density at radius 2 is 1.69 bits per heavy atom. The molecule has 0 saturated heterocycles. The van der Waals surface area contributed by atoms with Crippen molar-refractivity contribution in [1.82, 2.24) is 9.55 Å². The van der Waals surface area contributed by atoms with Crippen LogP contribution in [0.5, 0.6) is 0 Å². The number of hydrogen-bond donors (Lipinski definition) is 0. The molecule has 0 radical (unpaired) electrons. The van der Waals surface area contributed by atoms with Crippen molar-refractivity contribution in [2.75, 3.05) is 0 Å². The van der Waals surface area contributed by atoms with Crippen LogP contribution in [0.3, 0.4) is 0 Å². The molecule has 0 bridgehead atoms. The zero-order valence-electron chi connectivity index (χ0n) is 15.3. The molecule has 4 aromatic rings. The average Bonchev–Trinajstić information content (AvgIpc) is 2.80. The molecule has 138 valence electrons. The van der Waals surface area contributed by atoms with Crippen molar-refractivity contribution in [3.63, 3.8) is 0 Å². The van der Waals surface area contributed by atoms with Crippen LogP contribution in [0.4, 0.5) is 0 Å². The highest BCUT2D eigenvalue weighted by atomic mass is 16.1. The second-order valence-corrected chi connectivity index (χ2v) is 6.37. The van der Waals surface area contributed by atoms with Gasteiger partial charge in [0, 0.05) is 34.6 Å². The monoisotopic (exact) mass is 377 g/mol. The van der Waals surface area contributed by atoms with Crippen LogP contribution in [0.25, 0.3) is 28.1 Å². The van der Waals surface area contributed by atoms with Crippen LogP contribution in [0.2, 0.25) is 0 Å². The second kappa shape index (κ2) is 7.75. The van der Waals surface area contributed by atoms with E-state index in [4.69, 9.17) is 0 Å². The SMILES string of the molecule is N#Cc1ccccc1-c1cc(-c2ccccn2)cn(-c2ccccc2C=O)c1=O. The number of pyridine rings is 2. The Balaban J connectivity index is 2.08. The molecular formula is C24H15N3O2. The largest absolute Gasteiger partial charge is 0.298 e. The summed E-state index contributed by atoms with van der Waals surface area (Å²) in [6, 6.07) is 23.2. The van der Waals surface area contributed by atoms with E-state index in [9.17, 15) is 14.9 Å². The van der Waals surface area contributed by atoms with Gasteiger partial charge in [-0.25, -0.2) is 0 Å². The Morgan fingerprint density at radius 3 is 2.45 bits per heavy atom. The third-order valence-electron chi connectivity index (χ3n) is 4.64. The number of hydrogen-bond acceptors (Lipinski definition) is 4. The lowest BCUT2D eigenvalue weighted by Gasteiger charge is -2.14. The number of nitriles is 1. The molecule has 4 rings (SSSR count). The molecule has 0 saturated carbocycles. The molecule has 0 aliphatic rings. The highest BCUT2D eigenvalue weighted by Gasteiger charge is 2.16. The minimum Gasteiger partial charge on any atom is -0.298 e. The molecule has 0 amide bonds. The third-order valence-corrected chi connectivity index (χ3v) is 4.64. The van der Waals surface area contributed by atoms with Gasteiger partial charge in [-0.15, -0.1) is 0 Å². The summed E-state index contributed by atoms with van der Waals surface area (Å²) in [5.41, 5.74) is 3.24. The molecule has 2 heterocycles. The van der Waals surface area contributed by atoms with E-state index in [2.05, 4.69) is 11.1 Å². The molecule has 0 spiro atoms. The molecule has 2 aromatic carbocycles. The van der Waals surface area contributed by atoms with Gasteiger partial charge < -0.3 is 0 Å². The van der Waals surface area contributed by atoms with E-state index in [1.165, 1.54) is 4.57 Å². The van der Waals surface area contributed by atoms with Crippen molar-refractivity contribution in [3.05, 3.63) is 107 Å². The van der Waals surface area contributed by atoms with Crippen LogP contribution < -0.4 is 5.56 Å². The predicted octanol–water partition coefficient (Wildman–Crippen LogP) is 4.25. The van der Waals surface area contributed by atoms with E-state index in [1.54, 1.807) is 67.0 Å². The van der Waals surface area contributed by atoms with Gasteiger partial charge in [0.25, 0.3) is 5.56 Å². The highest BCUT2D eigenvalue weighted by Crippen LogP contribution is 2.26. The fourth-order valence-electron chi connectivity index (χ4n) is 3.25. The van der Waals surface area contributed by atoms with E-state index in [-0.39, 0.29) is 5.56 Å². The average molecular weight is 377 g/mol. The molecule has 0 aliphatic heterocycles. The summed E-state index contributed by atoms with van der Waals surface area (Å²) in [6.45, 7) is 0. The van der Waals surface area contributed by atoms with Crippen LogP contribution in [0.1, 0.15) is 15.9 Å². The first kappa shape index (κ1) is 18.1. The van der Waals surface area contributed by atoms with Gasteiger partial charge in [-0.1, -0.05) is 36.4 Å². The number of aromatic nitrogens is 2. The molecule has 29 heavy (non-hydrogen) atoms. The molecule has 5 heteroatoms. The summed E-state index contributed by atoms with van der Waals surface area (Å²) in [5.74, 6) is 0. The summed E-state index contributed by atoms with van der Waals surface area (Å²) in [5, 5.41) is 9.51. The minimum atomic E-state index is -0.318. The van der Waals surface area contributed by atoms with E-state index in [1.807, 2.05) is 18.2 Å². The van der Waals surface area contributed by atoms with E-state index in [0.717, 1.165) is 6.29 Å². The molecule has 0 aliphatic carbocycles. The smallest absolute Gasteiger partial charge is 0.263 e. The van der Waals surface area contributed by atoms with Gasteiger partial charge in [0.15, 0.2) is 6.29 Å². The van der Waals surface area contributed by atoms with Crippen molar-refractivity contribution in [3.8, 4) is 34.1 Å². The molecule has 0 atom stereocenters. The molecule has 0 N–H and O–H groups in total. The van der Waals surface area contributed by atoms with Gasteiger partial charge >= 0.3 is 0 Å². The van der Waals surface area contributed by atoms with Gasteiger partial charge in [0.2, 0.25) is 0 Å². The second-order valence-electron chi connectivity index (χ2n) is 6.37. The van der Waals surface area contributed by atoms with Crippen molar-refractivity contribution in [2.45, 2.75) is 0 Å². The third kappa shape index (κ3) is 3.35. The van der Waals surface area contributed by atoms with Crippen LogP contribution in [-0.2, 0) is 0 Å². The van der Waals surface area contributed by atoms with E-state index >= 15 is 0 Å². The molecule has 5 nitrogen and oxygen atoms in total. The van der Waals surface area contributed by atoms with Gasteiger partial charge in [-0.05, 0) is 36.4 Å². The van der Waals surface area contributed by atoms with Gasteiger partial charge in [0.1, 0.15) is 0 Å². The Bertz CT molecular complexity index is 1300. The molecule has 0 fully saturated rings. The maximum atomic E-state index is 13.4. The Hall–Kier alpha value is -4.30. The van der Waals surface area contributed by atoms with Crippen molar-refractivity contribution < 1.29 is 4.79 Å². The molecule has 0 unspecified atom stereocenters. The quantitative estimate of drug-likeness (QED) is 0.498. The lowest BCUT2D eigenvalue weighted by atomic mass is 9.99. The molecule has 2 aromatic heterocycles. The zero-order chi connectivity index (χ0) is 20.2. The topological polar surface area (TPSA) is 75.8 Å². The first-order valence-electron chi connectivity index (χ1n) is 8.95. The standard InChI is InChI=1S/C24H15N3O2/c25-14-17-7-1-3-9-20(17)21-13-19(22-10-5-6-12-26-22)15-27(24(21)29)23-11-4-2-8-18(23)16-28/h1-13,15-16H. The van der Waals surface area contributed by atoms with Gasteiger partial charge in [0.05, 0.1) is 23.0 Å². The minimum absolute atomic E-state index is 0.318. The predicted molar refractivity (Wildman–Crippen MR) is 111 cm³/mol. The first-order valence-corrected chi connectivity index (χ1v) is 8.95. The van der Waals surface area contributed by atoms with Crippen molar-refractivity contribution >= 4 is 6.29 Å². The summed E-state index contributed by atoms with van der Waals surface area (Å²) >= 11 is 0. The fraction of sp³-hybridized carbons (Fsp3) is 0. The van der Waals surface area contributed by atoms with Crippen LogP contribution >= 0.6 is 0 Å². The maximum absolute atomic E-state index is 13.4. The van der Waals surface area contributed by atoms with Crippen molar-refractivity contribution in [1.29, 1.82) is 5.26 Å². The number of benzene rings is 2.